The Morgan fingerprint density at radius 2 is 1.67 bits per heavy atom. The van der Waals surface area contributed by atoms with E-state index >= 15 is 0 Å². The molecule has 2 aromatic carbocycles. The summed E-state index contributed by atoms with van der Waals surface area (Å²) in [4.78, 5) is 23.9. The minimum absolute atomic E-state index is 0.0312. The number of phenolic OH excluding ortho intramolecular Hbond substituents is 1. The Balaban J connectivity index is 2.25. The molecular formula is C20H22O4. The number of carbonyl (C=O) groups is 2. The Morgan fingerprint density at radius 3 is 2.21 bits per heavy atom. The largest absolute Gasteiger partial charge is 0.508 e. The molecule has 0 saturated heterocycles. The lowest BCUT2D eigenvalue weighted by Crippen LogP contribution is -2.13. The molecule has 0 fully saturated rings. The zero-order valence-electron chi connectivity index (χ0n) is 14.0. The lowest BCUT2D eigenvalue weighted by Gasteiger charge is -2.17. The Hall–Kier alpha value is -2.62. The van der Waals surface area contributed by atoms with E-state index in [1.165, 1.54) is 19.1 Å². The molecule has 1 atom stereocenters. The van der Waals surface area contributed by atoms with Crippen LogP contribution in [0.3, 0.4) is 0 Å². The van der Waals surface area contributed by atoms with Crippen molar-refractivity contribution in [2.75, 3.05) is 0 Å². The third-order valence-corrected chi connectivity index (χ3v) is 3.86. The van der Waals surface area contributed by atoms with Crippen LogP contribution in [0.5, 0.6) is 11.5 Å². The van der Waals surface area contributed by atoms with Crippen LogP contribution in [0.25, 0.3) is 0 Å². The number of Topliss-reactive ketones (excluding diaryl/α,β-unsaturated/α-hetero) is 1. The molecule has 2 rings (SSSR count). The van der Waals surface area contributed by atoms with Crippen molar-refractivity contribution >= 4 is 11.8 Å². The van der Waals surface area contributed by atoms with Gasteiger partial charge in [-0.2, -0.15) is 0 Å². The lowest BCUT2D eigenvalue weighted by atomic mass is 9.86. The van der Waals surface area contributed by atoms with Gasteiger partial charge in [0, 0.05) is 18.4 Å². The minimum Gasteiger partial charge on any atom is -0.508 e. The maximum Gasteiger partial charge on any atom is 0.308 e. The van der Waals surface area contributed by atoms with Crippen LogP contribution in [-0.2, 0) is 4.79 Å². The zero-order valence-corrected chi connectivity index (χ0v) is 14.0. The second-order valence-electron chi connectivity index (χ2n) is 5.77. The number of phenols is 1. The highest BCUT2D eigenvalue weighted by molar-refractivity contribution is 6.01. The van der Waals surface area contributed by atoms with Gasteiger partial charge in [0.1, 0.15) is 11.5 Å². The van der Waals surface area contributed by atoms with E-state index in [1.54, 1.807) is 24.3 Å². The average molecular weight is 326 g/mol. The van der Waals surface area contributed by atoms with Gasteiger partial charge in [-0.15, -0.1) is 0 Å². The van der Waals surface area contributed by atoms with Crippen molar-refractivity contribution in [3.05, 3.63) is 59.7 Å². The van der Waals surface area contributed by atoms with Gasteiger partial charge in [-0.3, -0.25) is 9.59 Å². The first-order valence-electron chi connectivity index (χ1n) is 8.13. The summed E-state index contributed by atoms with van der Waals surface area (Å²) >= 11 is 0. The van der Waals surface area contributed by atoms with E-state index in [9.17, 15) is 14.7 Å². The van der Waals surface area contributed by atoms with Crippen LogP contribution >= 0.6 is 0 Å². The smallest absolute Gasteiger partial charge is 0.308 e. The number of unbranched alkanes of at least 4 members (excludes halogenated alkanes) is 1. The van der Waals surface area contributed by atoms with Crippen LogP contribution in [0.1, 0.15) is 54.9 Å². The van der Waals surface area contributed by atoms with E-state index in [-0.39, 0.29) is 23.4 Å². The Bertz CT molecular complexity index is 687. The summed E-state index contributed by atoms with van der Waals surface area (Å²) < 4.78 is 5.04. The first kappa shape index (κ1) is 17.7. The van der Waals surface area contributed by atoms with E-state index in [1.807, 2.05) is 12.1 Å². The molecule has 0 aliphatic carbocycles. The molecule has 0 aromatic heterocycles. The second kappa shape index (κ2) is 8.29. The van der Waals surface area contributed by atoms with E-state index in [4.69, 9.17) is 4.74 Å². The Morgan fingerprint density at radius 1 is 1.04 bits per heavy atom. The fourth-order valence-corrected chi connectivity index (χ4v) is 2.62. The highest BCUT2D eigenvalue weighted by Gasteiger charge is 2.21. The third-order valence-electron chi connectivity index (χ3n) is 3.86. The first-order chi connectivity index (χ1) is 11.5. The SMILES string of the molecule is CCCCC(C(=O)c1ccc(O)cc1)c1ccc(OC(C)=O)cc1. The zero-order chi connectivity index (χ0) is 17.5. The summed E-state index contributed by atoms with van der Waals surface area (Å²) in [5, 5.41) is 9.39. The van der Waals surface area contributed by atoms with Gasteiger partial charge < -0.3 is 9.84 Å². The van der Waals surface area contributed by atoms with Crippen molar-refractivity contribution in [3.8, 4) is 11.5 Å². The third kappa shape index (κ3) is 4.69. The van der Waals surface area contributed by atoms with Crippen LogP contribution in [0, 0.1) is 0 Å². The van der Waals surface area contributed by atoms with E-state index in [2.05, 4.69) is 6.92 Å². The number of ether oxygens (including phenoxy) is 1. The summed E-state index contributed by atoms with van der Waals surface area (Å²) in [6, 6.07) is 13.4. The molecule has 0 spiro atoms. The summed E-state index contributed by atoms with van der Waals surface area (Å²) in [5.74, 6) is 0.0231. The monoisotopic (exact) mass is 326 g/mol. The molecule has 4 heteroatoms. The van der Waals surface area contributed by atoms with Crippen molar-refractivity contribution in [2.45, 2.75) is 39.0 Å². The second-order valence-corrected chi connectivity index (χ2v) is 5.77. The highest BCUT2D eigenvalue weighted by atomic mass is 16.5. The molecule has 126 valence electrons. The van der Waals surface area contributed by atoms with Crippen LogP contribution in [0.15, 0.2) is 48.5 Å². The quantitative estimate of drug-likeness (QED) is 0.463. The number of carbonyl (C=O) groups excluding carboxylic acids is 2. The van der Waals surface area contributed by atoms with Gasteiger partial charge in [0.15, 0.2) is 5.78 Å². The molecule has 0 aliphatic rings. The maximum atomic E-state index is 12.9. The van der Waals surface area contributed by atoms with E-state index in [0.29, 0.717) is 11.3 Å². The summed E-state index contributed by atoms with van der Waals surface area (Å²) in [6.45, 7) is 3.44. The van der Waals surface area contributed by atoms with Crippen molar-refractivity contribution in [2.24, 2.45) is 0 Å². The molecule has 2 aromatic rings. The fourth-order valence-electron chi connectivity index (χ4n) is 2.62. The molecular weight excluding hydrogens is 304 g/mol. The van der Waals surface area contributed by atoms with Crippen molar-refractivity contribution in [3.63, 3.8) is 0 Å². The molecule has 1 unspecified atom stereocenters. The topological polar surface area (TPSA) is 63.6 Å². The molecule has 0 bridgehead atoms. The van der Waals surface area contributed by atoms with Gasteiger partial charge >= 0.3 is 5.97 Å². The van der Waals surface area contributed by atoms with Gasteiger partial charge in [-0.05, 0) is 48.4 Å². The molecule has 0 aliphatic heterocycles. The normalized spacial score (nSPS) is 11.8. The van der Waals surface area contributed by atoms with Crippen molar-refractivity contribution in [1.29, 1.82) is 0 Å². The molecule has 0 saturated carbocycles. The molecule has 4 nitrogen and oxygen atoms in total. The summed E-state index contributed by atoms with van der Waals surface area (Å²) in [7, 11) is 0. The molecule has 0 heterocycles. The van der Waals surface area contributed by atoms with Crippen LogP contribution < -0.4 is 4.74 Å². The minimum atomic E-state index is -0.370. The first-order valence-corrected chi connectivity index (χ1v) is 8.13. The van der Waals surface area contributed by atoms with Crippen LogP contribution in [-0.4, -0.2) is 16.9 Å². The van der Waals surface area contributed by atoms with Crippen LogP contribution in [0.4, 0.5) is 0 Å². The number of aromatic hydroxyl groups is 1. The Labute approximate surface area is 142 Å². The lowest BCUT2D eigenvalue weighted by molar-refractivity contribution is -0.131. The molecule has 1 N–H and O–H groups in total. The van der Waals surface area contributed by atoms with E-state index in [0.717, 1.165) is 24.8 Å². The predicted octanol–water partition coefficient (Wildman–Crippen LogP) is 4.47. The van der Waals surface area contributed by atoms with Gasteiger partial charge in [-0.1, -0.05) is 31.9 Å². The van der Waals surface area contributed by atoms with Crippen molar-refractivity contribution in [1.82, 2.24) is 0 Å². The van der Waals surface area contributed by atoms with Gasteiger partial charge in [-0.25, -0.2) is 0 Å². The van der Waals surface area contributed by atoms with Crippen LogP contribution in [0.2, 0.25) is 0 Å². The number of hydrogen-bond acceptors (Lipinski definition) is 4. The fraction of sp³-hybridized carbons (Fsp3) is 0.300. The molecule has 0 amide bonds. The van der Waals surface area contributed by atoms with Gasteiger partial charge in [0.25, 0.3) is 0 Å². The van der Waals surface area contributed by atoms with Gasteiger partial charge in [0.05, 0.1) is 0 Å². The maximum absolute atomic E-state index is 12.9. The number of esters is 1. The summed E-state index contributed by atoms with van der Waals surface area (Å²) in [6.07, 6.45) is 2.70. The van der Waals surface area contributed by atoms with E-state index < -0.39 is 0 Å². The molecule has 0 radical (unpaired) electrons. The Kier molecular flexibility index (Phi) is 6.13. The number of hydrogen-bond donors (Lipinski definition) is 1. The van der Waals surface area contributed by atoms with Crippen molar-refractivity contribution < 1.29 is 19.4 Å². The standard InChI is InChI=1S/C20H22O4/c1-3-4-5-19(20(23)16-6-10-17(22)11-7-16)15-8-12-18(13-9-15)24-14(2)21/h6-13,19,22H,3-5H2,1-2H3. The number of ketones is 1. The number of benzene rings is 2. The number of rotatable bonds is 7. The van der Waals surface area contributed by atoms with Gasteiger partial charge in [0.2, 0.25) is 0 Å². The predicted molar refractivity (Wildman–Crippen MR) is 92.5 cm³/mol. The highest BCUT2D eigenvalue weighted by Crippen LogP contribution is 2.28. The average Bonchev–Trinajstić information content (AvgIpc) is 2.56. The molecule has 24 heavy (non-hydrogen) atoms. The summed E-state index contributed by atoms with van der Waals surface area (Å²) in [5.41, 5.74) is 1.48.